The number of carbonyl (C=O) groups excluding carboxylic acids is 2. The number of ketones is 1. The van der Waals surface area contributed by atoms with Crippen molar-refractivity contribution in [3.05, 3.63) is 63.7 Å². The zero-order chi connectivity index (χ0) is 26.5. The van der Waals surface area contributed by atoms with Crippen molar-refractivity contribution >= 4 is 34.7 Å². The van der Waals surface area contributed by atoms with E-state index in [1.807, 2.05) is 0 Å². The zero-order valence-corrected chi connectivity index (χ0v) is 18.7. The average Bonchev–Trinajstić information content (AvgIpc) is 2.99. The van der Waals surface area contributed by atoms with Gasteiger partial charge < -0.3 is 5.32 Å². The van der Waals surface area contributed by atoms with Crippen LogP contribution in [0.5, 0.6) is 0 Å². The summed E-state index contributed by atoms with van der Waals surface area (Å²) in [7, 11) is 0. The number of nitrogens with zero attached hydrogens (tertiary/aromatic N) is 2. The van der Waals surface area contributed by atoms with Crippen molar-refractivity contribution in [1.82, 2.24) is 5.32 Å². The molecule has 1 aliphatic rings. The third kappa shape index (κ3) is 4.34. The molecule has 0 aromatic heterocycles. The maximum atomic E-state index is 14.3. The van der Waals surface area contributed by atoms with Gasteiger partial charge in [0, 0.05) is 11.1 Å². The van der Waals surface area contributed by atoms with Crippen LogP contribution >= 0.6 is 12.2 Å². The predicted octanol–water partition coefficient (Wildman–Crippen LogP) is 5.08. The molecule has 1 saturated heterocycles. The third-order valence-corrected chi connectivity index (χ3v) is 5.66. The van der Waals surface area contributed by atoms with E-state index in [0.717, 1.165) is 32.0 Å². The molecule has 2 aromatic rings. The molecule has 1 amide bonds. The molecule has 0 bridgehead atoms. The maximum absolute atomic E-state index is 14.3. The van der Waals surface area contributed by atoms with Crippen LogP contribution in [-0.4, -0.2) is 29.0 Å². The Kier molecular flexibility index (Phi) is 6.41. The summed E-state index contributed by atoms with van der Waals surface area (Å²) in [6.45, 7) is 0.914. The van der Waals surface area contributed by atoms with Gasteiger partial charge in [-0.3, -0.25) is 14.5 Å². The molecule has 1 unspecified atom stereocenters. The van der Waals surface area contributed by atoms with Gasteiger partial charge in [0.25, 0.3) is 5.91 Å². The van der Waals surface area contributed by atoms with Gasteiger partial charge in [-0.1, -0.05) is 24.3 Å². The van der Waals surface area contributed by atoms with Crippen LogP contribution < -0.4 is 10.2 Å². The Morgan fingerprint density at radius 2 is 1.66 bits per heavy atom. The van der Waals surface area contributed by atoms with Crippen LogP contribution in [0, 0.1) is 18.3 Å². The number of amides is 1. The number of hydrogen-bond donors (Lipinski definition) is 1. The van der Waals surface area contributed by atoms with Crippen molar-refractivity contribution in [2.45, 2.75) is 31.7 Å². The lowest BCUT2D eigenvalue weighted by atomic mass is 9.90. The first-order valence-electron chi connectivity index (χ1n) is 9.67. The quantitative estimate of drug-likeness (QED) is 0.348. The van der Waals surface area contributed by atoms with Gasteiger partial charge in [-0.2, -0.15) is 31.6 Å². The van der Waals surface area contributed by atoms with Gasteiger partial charge >= 0.3 is 12.4 Å². The summed E-state index contributed by atoms with van der Waals surface area (Å²) in [5.41, 5.74) is -9.84. The lowest BCUT2D eigenvalue weighted by Crippen LogP contribution is -2.46. The van der Waals surface area contributed by atoms with Gasteiger partial charge in [-0.15, -0.1) is 0 Å². The summed E-state index contributed by atoms with van der Waals surface area (Å²) in [4.78, 5) is 26.4. The first-order chi connectivity index (χ1) is 16.1. The topological polar surface area (TPSA) is 73.2 Å². The number of carbonyl (C=O) groups is 2. The smallest absolute Gasteiger partial charge is 0.346 e. The molecule has 1 N–H and O–H groups in total. The highest BCUT2D eigenvalue weighted by Gasteiger charge is 2.51. The fraction of sp³-hybridized carbons (Fsp3) is 0.273. The molecular weight excluding hydrogens is 503 g/mol. The number of rotatable bonds is 4. The molecule has 13 heteroatoms. The minimum Gasteiger partial charge on any atom is -0.346 e. The monoisotopic (exact) mass is 517 g/mol. The minimum absolute atomic E-state index is 0.198. The molecule has 1 fully saturated rings. The van der Waals surface area contributed by atoms with Crippen molar-refractivity contribution in [2.75, 3.05) is 11.6 Å². The fourth-order valence-corrected chi connectivity index (χ4v) is 4.12. The van der Waals surface area contributed by atoms with Gasteiger partial charge in [-0.25, -0.2) is 4.39 Å². The largest absolute Gasteiger partial charge is 0.419 e. The molecule has 5 nitrogen and oxygen atoms in total. The molecule has 35 heavy (non-hydrogen) atoms. The third-order valence-electron chi connectivity index (χ3n) is 5.37. The normalized spacial score (nSPS) is 18.5. The molecule has 0 radical (unpaired) electrons. The standard InChI is InChI=1S/C22H14F7N3O2S/c1-10-6-7-13(17(33)12-5-3-4-11(8-30)14(12)21(24,25)26)15(22(27,28)29)16(10)32-18(34)20(2,9-23)31-19(32)35/h3-7H,9H2,1-2H3,(H,31,35). The van der Waals surface area contributed by atoms with E-state index in [9.17, 15) is 40.3 Å². The number of aryl methyl sites for hydroxylation is 1. The molecule has 0 saturated carbocycles. The first-order valence-corrected chi connectivity index (χ1v) is 10.1. The number of nitriles is 1. The Morgan fingerprint density at radius 3 is 2.14 bits per heavy atom. The van der Waals surface area contributed by atoms with E-state index in [1.165, 1.54) is 6.07 Å². The van der Waals surface area contributed by atoms with Crippen LogP contribution in [0.25, 0.3) is 0 Å². The Morgan fingerprint density at radius 1 is 1.09 bits per heavy atom. The van der Waals surface area contributed by atoms with Crippen LogP contribution in [0.4, 0.5) is 36.4 Å². The van der Waals surface area contributed by atoms with Gasteiger partial charge in [-0.05, 0) is 37.7 Å². The van der Waals surface area contributed by atoms with Crippen molar-refractivity contribution in [3.63, 3.8) is 0 Å². The SMILES string of the molecule is Cc1ccc(C(=O)c2cccc(C#N)c2C(F)(F)F)c(C(F)(F)F)c1N1C(=O)C(C)(CF)NC1=S. The van der Waals surface area contributed by atoms with E-state index in [0.29, 0.717) is 17.0 Å². The first kappa shape index (κ1) is 26.1. The van der Waals surface area contributed by atoms with Crippen LogP contribution in [0.1, 0.15) is 45.1 Å². The Hall–Kier alpha value is -3.53. The van der Waals surface area contributed by atoms with E-state index in [2.05, 4.69) is 5.32 Å². The second-order valence-electron chi connectivity index (χ2n) is 7.85. The van der Waals surface area contributed by atoms with Crippen LogP contribution in [-0.2, 0) is 17.1 Å². The molecule has 1 aliphatic heterocycles. The molecule has 0 spiro atoms. The number of alkyl halides is 7. The molecular formula is C22H14F7N3O2S. The van der Waals surface area contributed by atoms with Gasteiger partial charge in [0.15, 0.2) is 10.9 Å². The van der Waals surface area contributed by atoms with Crippen LogP contribution in [0.2, 0.25) is 0 Å². The van der Waals surface area contributed by atoms with E-state index in [4.69, 9.17) is 17.5 Å². The summed E-state index contributed by atoms with van der Waals surface area (Å²) in [6.07, 6.45) is -10.6. The van der Waals surface area contributed by atoms with Crippen molar-refractivity contribution in [2.24, 2.45) is 0 Å². The molecule has 2 aromatic carbocycles. The molecule has 1 atom stereocenters. The van der Waals surface area contributed by atoms with Crippen molar-refractivity contribution in [3.8, 4) is 6.07 Å². The highest BCUT2D eigenvalue weighted by molar-refractivity contribution is 7.80. The lowest BCUT2D eigenvalue weighted by Gasteiger charge is -2.25. The fourth-order valence-electron chi connectivity index (χ4n) is 3.72. The number of thiocarbonyl (C=S) groups is 1. The zero-order valence-electron chi connectivity index (χ0n) is 17.9. The number of benzene rings is 2. The second-order valence-corrected chi connectivity index (χ2v) is 8.24. The Labute approximate surface area is 199 Å². The molecule has 1 heterocycles. The number of nitrogens with one attached hydrogen (secondary N) is 1. The maximum Gasteiger partial charge on any atom is 0.419 e. The van der Waals surface area contributed by atoms with E-state index >= 15 is 0 Å². The van der Waals surface area contributed by atoms with Gasteiger partial charge in [0.05, 0.1) is 28.4 Å². The summed E-state index contributed by atoms with van der Waals surface area (Å²) in [6, 6.07) is 5.31. The Bertz CT molecular complexity index is 1300. The number of anilines is 1. The predicted molar refractivity (Wildman–Crippen MR) is 113 cm³/mol. The molecule has 3 rings (SSSR count). The average molecular weight is 517 g/mol. The van der Waals surface area contributed by atoms with Crippen molar-refractivity contribution in [1.29, 1.82) is 5.26 Å². The number of halogens is 7. The minimum atomic E-state index is -5.35. The summed E-state index contributed by atoms with van der Waals surface area (Å²) in [5, 5.41) is 10.8. The molecule has 0 aliphatic carbocycles. The second kappa shape index (κ2) is 8.60. The summed E-state index contributed by atoms with van der Waals surface area (Å²) >= 11 is 4.95. The van der Waals surface area contributed by atoms with E-state index < -0.39 is 74.9 Å². The van der Waals surface area contributed by atoms with Gasteiger partial charge in [0.2, 0.25) is 0 Å². The number of hydrogen-bond acceptors (Lipinski definition) is 4. The summed E-state index contributed by atoms with van der Waals surface area (Å²) in [5.74, 6) is -2.85. The van der Waals surface area contributed by atoms with Gasteiger partial charge in [0.1, 0.15) is 12.2 Å². The Balaban J connectivity index is 2.36. The van der Waals surface area contributed by atoms with E-state index in [1.54, 1.807) is 0 Å². The highest BCUT2D eigenvalue weighted by atomic mass is 32.1. The van der Waals surface area contributed by atoms with E-state index in [-0.39, 0.29) is 5.56 Å². The molecule has 184 valence electrons. The summed E-state index contributed by atoms with van der Waals surface area (Å²) < 4.78 is 97.5. The van der Waals surface area contributed by atoms with Crippen LogP contribution in [0.15, 0.2) is 30.3 Å². The van der Waals surface area contributed by atoms with Crippen molar-refractivity contribution < 1.29 is 40.3 Å². The highest BCUT2D eigenvalue weighted by Crippen LogP contribution is 2.44. The van der Waals surface area contributed by atoms with Crippen LogP contribution in [0.3, 0.4) is 0 Å². The lowest BCUT2D eigenvalue weighted by molar-refractivity contribution is -0.138.